The van der Waals surface area contributed by atoms with Crippen LogP contribution in [0.15, 0.2) is 24.3 Å². The predicted molar refractivity (Wildman–Crippen MR) is 76.7 cm³/mol. The molecule has 0 spiro atoms. The van der Waals surface area contributed by atoms with Gasteiger partial charge < -0.3 is 10.0 Å². The van der Waals surface area contributed by atoms with Gasteiger partial charge in [0.1, 0.15) is 0 Å². The normalized spacial score (nSPS) is 17.2. The second-order valence-electron chi connectivity index (χ2n) is 5.96. The van der Waals surface area contributed by atoms with Crippen molar-refractivity contribution in [2.75, 3.05) is 6.54 Å². The molecule has 0 unspecified atom stereocenters. The number of carbonyl (C=O) groups excluding carboxylic acids is 1. The van der Waals surface area contributed by atoms with Crippen molar-refractivity contribution >= 4 is 11.9 Å². The molecule has 0 radical (unpaired) electrons. The Bertz CT molecular complexity index is 505. The van der Waals surface area contributed by atoms with Crippen LogP contribution < -0.4 is 0 Å². The molecule has 4 nitrogen and oxygen atoms in total. The molecule has 1 aromatic rings. The summed E-state index contributed by atoms with van der Waals surface area (Å²) in [5.41, 5.74) is 1.26. The average molecular weight is 275 g/mol. The average Bonchev–Trinajstić information content (AvgIpc) is 2.76. The molecule has 0 bridgehead atoms. The summed E-state index contributed by atoms with van der Waals surface area (Å²) in [5, 5.41) is 8.83. The number of amides is 1. The van der Waals surface area contributed by atoms with Crippen LogP contribution in [0.25, 0.3) is 0 Å². The summed E-state index contributed by atoms with van der Waals surface area (Å²) in [5.74, 6) is -0.735. The van der Waals surface area contributed by atoms with Gasteiger partial charge in [-0.1, -0.05) is 12.1 Å². The Morgan fingerprint density at radius 1 is 1.25 bits per heavy atom. The maximum absolute atomic E-state index is 12.2. The highest BCUT2D eigenvalue weighted by molar-refractivity contribution is 5.87. The third-order valence-electron chi connectivity index (χ3n) is 4.03. The van der Waals surface area contributed by atoms with Crippen LogP contribution in [0.5, 0.6) is 0 Å². The van der Waals surface area contributed by atoms with E-state index in [-0.39, 0.29) is 17.0 Å². The van der Waals surface area contributed by atoms with E-state index in [1.165, 1.54) is 0 Å². The maximum Gasteiger partial charge on any atom is 0.335 e. The summed E-state index contributed by atoms with van der Waals surface area (Å²) in [6.07, 6.45) is 3.28. The maximum atomic E-state index is 12.2. The number of hydrogen-bond acceptors (Lipinski definition) is 2. The summed E-state index contributed by atoms with van der Waals surface area (Å²) in [7, 11) is 0. The highest BCUT2D eigenvalue weighted by atomic mass is 16.4. The van der Waals surface area contributed by atoms with E-state index in [0.29, 0.717) is 12.8 Å². The lowest BCUT2D eigenvalue weighted by Crippen LogP contribution is -2.42. The number of nitrogens with zero attached hydrogens (tertiary/aromatic N) is 1. The van der Waals surface area contributed by atoms with Gasteiger partial charge in [0.25, 0.3) is 0 Å². The van der Waals surface area contributed by atoms with Crippen LogP contribution in [-0.4, -0.2) is 34.0 Å². The van der Waals surface area contributed by atoms with E-state index >= 15 is 0 Å². The second kappa shape index (κ2) is 5.65. The number of aromatic carboxylic acids is 1. The summed E-state index contributed by atoms with van der Waals surface area (Å²) in [6.45, 7) is 5.07. The molecule has 1 amide bonds. The Balaban J connectivity index is 1.92. The van der Waals surface area contributed by atoms with Crippen LogP contribution in [-0.2, 0) is 11.2 Å². The molecule has 0 aliphatic carbocycles. The van der Waals surface area contributed by atoms with Crippen LogP contribution >= 0.6 is 0 Å². The topological polar surface area (TPSA) is 57.6 Å². The SMILES string of the molecule is CC1(C)CCCN1C(=O)CCc1ccc(C(=O)O)cc1. The molecule has 1 saturated heterocycles. The summed E-state index contributed by atoms with van der Waals surface area (Å²) in [6, 6.07) is 6.74. The van der Waals surface area contributed by atoms with Gasteiger partial charge >= 0.3 is 5.97 Å². The number of benzene rings is 1. The van der Waals surface area contributed by atoms with E-state index in [4.69, 9.17) is 5.11 Å². The molecular formula is C16H21NO3. The minimum Gasteiger partial charge on any atom is -0.478 e. The second-order valence-corrected chi connectivity index (χ2v) is 5.96. The fourth-order valence-corrected chi connectivity index (χ4v) is 2.77. The molecule has 108 valence electrons. The standard InChI is InChI=1S/C16H21NO3/c1-16(2)10-3-11-17(16)14(18)9-6-12-4-7-13(8-5-12)15(19)20/h4-5,7-8H,3,6,9-11H2,1-2H3,(H,19,20). The molecule has 1 aliphatic rings. The number of aryl methyl sites for hydroxylation is 1. The largest absolute Gasteiger partial charge is 0.478 e. The van der Waals surface area contributed by atoms with Crippen LogP contribution in [0, 0.1) is 0 Å². The van der Waals surface area contributed by atoms with Gasteiger partial charge in [0, 0.05) is 18.5 Å². The number of likely N-dealkylation sites (tertiary alicyclic amines) is 1. The zero-order chi connectivity index (χ0) is 14.8. The van der Waals surface area contributed by atoms with Gasteiger partial charge in [0.15, 0.2) is 0 Å². The molecule has 1 heterocycles. The lowest BCUT2D eigenvalue weighted by atomic mass is 10.0. The van der Waals surface area contributed by atoms with Crippen molar-refractivity contribution in [1.29, 1.82) is 0 Å². The fraction of sp³-hybridized carbons (Fsp3) is 0.500. The number of carboxylic acids is 1. The van der Waals surface area contributed by atoms with Crippen molar-refractivity contribution in [2.24, 2.45) is 0 Å². The van der Waals surface area contributed by atoms with Gasteiger partial charge in [-0.25, -0.2) is 4.79 Å². The molecule has 2 rings (SSSR count). The summed E-state index contributed by atoms with van der Waals surface area (Å²) >= 11 is 0. The Kier molecular flexibility index (Phi) is 4.12. The monoisotopic (exact) mass is 275 g/mol. The number of carbonyl (C=O) groups is 2. The van der Waals surface area contributed by atoms with Crippen molar-refractivity contribution in [3.05, 3.63) is 35.4 Å². The van der Waals surface area contributed by atoms with Crippen molar-refractivity contribution in [3.8, 4) is 0 Å². The molecule has 1 fully saturated rings. The number of rotatable bonds is 4. The molecule has 1 N–H and O–H groups in total. The Morgan fingerprint density at radius 3 is 2.40 bits per heavy atom. The molecule has 1 aromatic carbocycles. The molecule has 0 atom stereocenters. The van der Waals surface area contributed by atoms with Crippen molar-refractivity contribution < 1.29 is 14.7 Å². The minimum absolute atomic E-state index is 0.0236. The minimum atomic E-state index is -0.925. The van der Waals surface area contributed by atoms with Crippen LogP contribution in [0.1, 0.15) is 49.0 Å². The predicted octanol–water partition coefficient (Wildman–Crippen LogP) is 2.72. The molecule has 0 saturated carbocycles. The Labute approximate surface area is 119 Å². The van der Waals surface area contributed by atoms with Gasteiger partial charge in [-0.05, 0) is 50.8 Å². The van der Waals surface area contributed by atoms with Gasteiger partial charge in [-0.3, -0.25) is 4.79 Å². The van der Waals surface area contributed by atoms with Crippen molar-refractivity contribution in [1.82, 2.24) is 4.90 Å². The first-order chi connectivity index (χ1) is 9.40. The first-order valence-corrected chi connectivity index (χ1v) is 7.03. The van der Waals surface area contributed by atoms with E-state index in [2.05, 4.69) is 13.8 Å². The van der Waals surface area contributed by atoms with E-state index < -0.39 is 5.97 Å². The van der Waals surface area contributed by atoms with Gasteiger partial charge in [-0.2, -0.15) is 0 Å². The number of carboxylic acid groups (broad SMARTS) is 1. The molecule has 1 aliphatic heterocycles. The summed E-state index contributed by atoms with van der Waals surface area (Å²) < 4.78 is 0. The molecule has 4 heteroatoms. The quantitative estimate of drug-likeness (QED) is 0.919. The molecular weight excluding hydrogens is 254 g/mol. The number of hydrogen-bond donors (Lipinski definition) is 1. The smallest absolute Gasteiger partial charge is 0.335 e. The van der Waals surface area contributed by atoms with Crippen molar-refractivity contribution in [3.63, 3.8) is 0 Å². The van der Waals surface area contributed by atoms with Gasteiger partial charge in [0.05, 0.1) is 5.56 Å². The van der Waals surface area contributed by atoms with Crippen LogP contribution in [0.2, 0.25) is 0 Å². The first-order valence-electron chi connectivity index (χ1n) is 7.03. The zero-order valence-corrected chi connectivity index (χ0v) is 12.1. The Morgan fingerprint density at radius 2 is 1.90 bits per heavy atom. The van der Waals surface area contributed by atoms with Crippen LogP contribution in [0.4, 0.5) is 0 Å². The molecule has 20 heavy (non-hydrogen) atoms. The van der Waals surface area contributed by atoms with E-state index in [9.17, 15) is 9.59 Å². The Hall–Kier alpha value is -1.84. The van der Waals surface area contributed by atoms with Crippen LogP contribution in [0.3, 0.4) is 0 Å². The zero-order valence-electron chi connectivity index (χ0n) is 12.1. The highest BCUT2D eigenvalue weighted by Gasteiger charge is 2.34. The lowest BCUT2D eigenvalue weighted by molar-refractivity contribution is -0.134. The lowest BCUT2D eigenvalue weighted by Gasteiger charge is -2.31. The van der Waals surface area contributed by atoms with E-state index in [1.807, 2.05) is 4.90 Å². The fourth-order valence-electron chi connectivity index (χ4n) is 2.77. The third kappa shape index (κ3) is 3.18. The van der Waals surface area contributed by atoms with E-state index in [1.54, 1.807) is 24.3 Å². The van der Waals surface area contributed by atoms with Crippen molar-refractivity contribution in [2.45, 2.75) is 45.1 Å². The molecule has 0 aromatic heterocycles. The summed E-state index contributed by atoms with van der Waals surface area (Å²) in [4.78, 5) is 25.0. The third-order valence-corrected chi connectivity index (χ3v) is 4.03. The van der Waals surface area contributed by atoms with E-state index in [0.717, 1.165) is 24.9 Å². The van der Waals surface area contributed by atoms with Gasteiger partial charge in [-0.15, -0.1) is 0 Å². The highest BCUT2D eigenvalue weighted by Crippen LogP contribution is 2.28. The van der Waals surface area contributed by atoms with Gasteiger partial charge in [0.2, 0.25) is 5.91 Å². The first kappa shape index (κ1) is 14.6.